The van der Waals surface area contributed by atoms with Crippen molar-refractivity contribution in [2.45, 2.75) is 18.4 Å². The monoisotopic (exact) mass is 251 g/mol. The number of anilines is 1. The quantitative estimate of drug-likeness (QED) is 0.752. The van der Waals surface area contributed by atoms with Crippen LogP contribution in [0.1, 0.15) is 23.2 Å². The number of aliphatic hydroxyl groups is 1. The van der Waals surface area contributed by atoms with E-state index in [1.54, 1.807) is 24.3 Å². The lowest BCUT2D eigenvalue weighted by Gasteiger charge is -2.32. The highest BCUT2D eigenvalue weighted by Gasteiger charge is 2.29. The molecule has 0 atom stereocenters. The van der Waals surface area contributed by atoms with E-state index in [0.29, 0.717) is 32.6 Å². The van der Waals surface area contributed by atoms with Gasteiger partial charge in [-0.1, -0.05) is 0 Å². The highest BCUT2D eigenvalue weighted by Crippen LogP contribution is 2.21. The molecule has 98 valence electrons. The van der Waals surface area contributed by atoms with Crippen LogP contribution < -0.4 is 5.32 Å². The minimum atomic E-state index is -0.940. The topological polar surface area (TPSA) is 78.8 Å². The van der Waals surface area contributed by atoms with Crippen LogP contribution in [-0.2, 0) is 4.74 Å². The highest BCUT2D eigenvalue weighted by atomic mass is 16.5. The molecule has 18 heavy (non-hydrogen) atoms. The summed E-state index contributed by atoms with van der Waals surface area (Å²) >= 11 is 0. The minimum Gasteiger partial charge on any atom is -0.478 e. The Morgan fingerprint density at radius 2 is 1.89 bits per heavy atom. The van der Waals surface area contributed by atoms with Gasteiger partial charge in [-0.05, 0) is 24.3 Å². The van der Waals surface area contributed by atoms with Crippen molar-refractivity contribution >= 4 is 11.7 Å². The molecule has 1 aliphatic heterocycles. The Bertz CT molecular complexity index is 410. The van der Waals surface area contributed by atoms with Crippen LogP contribution in [0.25, 0.3) is 0 Å². The van der Waals surface area contributed by atoms with E-state index in [2.05, 4.69) is 5.32 Å². The van der Waals surface area contributed by atoms with Gasteiger partial charge in [0.25, 0.3) is 0 Å². The molecule has 0 bridgehead atoms. The van der Waals surface area contributed by atoms with Crippen molar-refractivity contribution in [3.05, 3.63) is 29.8 Å². The fraction of sp³-hybridized carbons (Fsp3) is 0.462. The van der Waals surface area contributed by atoms with Crippen molar-refractivity contribution < 1.29 is 19.7 Å². The third-order valence-electron chi connectivity index (χ3n) is 3.18. The van der Waals surface area contributed by atoms with E-state index in [0.717, 1.165) is 5.69 Å². The first kappa shape index (κ1) is 12.9. The highest BCUT2D eigenvalue weighted by molar-refractivity contribution is 5.87. The van der Waals surface area contributed by atoms with Gasteiger partial charge >= 0.3 is 5.97 Å². The molecule has 1 fully saturated rings. The second-order valence-electron chi connectivity index (χ2n) is 4.57. The number of benzene rings is 1. The van der Waals surface area contributed by atoms with Crippen LogP contribution >= 0.6 is 0 Å². The van der Waals surface area contributed by atoms with E-state index in [1.165, 1.54) is 0 Å². The fourth-order valence-electron chi connectivity index (χ4n) is 1.93. The molecule has 0 radical (unpaired) electrons. The molecular weight excluding hydrogens is 234 g/mol. The molecule has 1 aromatic carbocycles. The fourth-order valence-corrected chi connectivity index (χ4v) is 1.93. The van der Waals surface area contributed by atoms with Gasteiger partial charge in [-0.3, -0.25) is 0 Å². The Hall–Kier alpha value is -1.59. The summed E-state index contributed by atoms with van der Waals surface area (Å²) in [5.41, 5.74) is 0.328. The third kappa shape index (κ3) is 3.21. The summed E-state index contributed by atoms with van der Waals surface area (Å²) in [7, 11) is 0. The van der Waals surface area contributed by atoms with E-state index in [9.17, 15) is 9.90 Å². The van der Waals surface area contributed by atoms with Crippen molar-refractivity contribution in [1.29, 1.82) is 0 Å². The van der Waals surface area contributed by atoms with Crippen LogP contribution in [-0.4, -0.2) is 41.5 Å². The van der Waals surface area contributed by atoms with Gasteiger partial charge in [0.15, 0.2) is 0 Å². The summed E-state index contributed by atoms with van der Waals surface area (Å²) in [6, 6.07) is 6.48. The average molecular weight is 251 g/mol. The average Bonchev–Trinajstić information content (AvgIpc) is 2.38. The SMILES string of the molecule is O=C(O)c1ccc(NCC2(O)CCOCC2)cc1. The number of rotatable bonds is 4. The summed E-state index contributed by atoms with van der Waals surface area (Å²) in [6.07, 6.45) is 1.24. The molecule has 1 aliphatic rings. The molecule has 0 saturated carbocycles. The maximum Gasteiger partial charge on any atom is 0.335 e. The van der Waals surface area contributed by atoms with Gasteiger partial charge in [-0.15, -0.1) is 0 Å². The molecule has 1 aromatic rings. The number of hydrogen-bond acceptors (Lipinski definition) is 4. The van der Waals surface area contributed by atoms with Gasteiger partial charge in [-0.25, -0.2) is 4.79 Å². The van der Waals surface area contributed by atoms with Crippen LogP contribution in [0, 0.1) is 0 Å². The maximum atomic E-state index is 10.7. The Kier molecular flexibility index (Phi) is 3.84. The van der Waals surface area contributed by atoms with Gasteiger partial charge in [0, 0.05) is 38.3 Å². The predicted molar refractivity (Wildman–Crippen MR) is 66.9 cm³/mol. The van der Waals surface area contributed by atoms with Crippen molar-refractivity contribution in [2.75, 3.05) is 25.1 Å². The largest absolute Gasteiger partial charge is 0.478 e. The number of nitrogens with one attached hydrogen (secondary N) is 1. The van der Waals surface area contributed by atoms with E-state index in [1.807, 2.05) is 0 Å². The first-order valence-electron chi connectivity index (χ1n) is 5.96. The minimum absolute atomic E-state index is 0.255. The Morgan fingerprint density at radius 1 is 1.28 bits per heavy atom. The zero-order valence-electron chi connectivity index (χ0n) is 10.1. The summed E-state index contributed by atoms with van der Waals surface area (Å²) < 4.78 is 5.21. The molecule has 5 heteroatoms. The molecule has 0 unspecified atom stereocenters. The van der Waals surface area contributed by atoms with E-state index in [-0.39, 0.29) is 5.56 Å². The van der Waals surface area contributed by atoms with Crippen molar-refractivity contribution in [3.8, 4) is 0 Å². The van der Waals surface area contributed by atoms with E-state index < -0.39 is 11.6 Å². The summed E-state index contributed by atoms with van der Waals surface area (Å²) in [5, 5.41) is 22.1. The van der Waals surface area contributed by atoms with Crippen molar-refractivity contribution in [1.82, 2.24) is 0 Å². The van der Waals surface area contributed by atoms with Crippen molar-refractivity contribution in [2.24, 2.45) is 0 Å². The molecule has 2 rings (SSSR count). The molecule has 0 aliphatic carbocycles. The molecule has 5 nitrogen and oxygen atoms in total. The molecule has 3 N–H and O–H groups in total. The van der Waals surface area contributed by atoms with Crippen molar-refractivity contribution in [3.63, 3.8) is 0 Å². The summed E-state index contributed by atoms with van der Waals surface area (Å²) in [6.45, 7) is 1.61. The second kappa shape index (κ2) is 5.37. The number of hydrogen-bond donors (Lipinski definition) is 3. The lowest BCUT2D eigenvalue weighted by molar-refractivity contribution is -0.0543. The molecule has 0 spiro atoms. The van der Waals surface area contributed by atoms with E-state index in [4.69, 9.17) is 9.84 Å². The lowest BCUT2D eigenvalue weighted by atomic mass is 9.94. The van der Waals surface area contributed by atoms with Gasteiger partial charge < -0.3 is 20.3 Å². The predicted octanol–water partition coefficient (Wildman–Crippen LogP) is 1.34. The Morgan fingerprint density at radius 3 is 2.44 bits per heavy atom. The first-order chi connectivity index (χ1) is 8.59. The zero-order valence-corrected chi connectivity index (χ0v) is 10.1. The molecule has 0 aromatic heterocycles. The van der Waals surface area contributed by atoms with Crippen LogP contribution in [0.2, 0.25) is 0 Å². The standard InChI is InChI=1S/C13H17NO4/c15-12(16)10-1-3-11(4-2-10)14-9-13(17)5-7-18-8-6-13/h1-4,14,17H,5-9H2,(H,15,16). The second-order valence-corrected chi connectivity index (χ2v) is 4.57. The molecule has 0 amide bonds. The molecule has 1 heterocycles. The molecular formula is C13H17NO4. The number of carboxylic acids is 1. The van der Waals surface area contributed by atoms with Crippen LogP contribution in [0.3, 0.4) is 0 Å². The van der Waals surface area contributed by atoms with Crippen LogP contribution in [0.4, 0.5) is 5.69 Å². The van der Waals surface area contributed by atoms with Gasteiger partial charge in [-0.2, -0.15) is 0 Å². The Labute approximate surface area is 105 Å². The van der Waals surface area contributed by atoms with Crippen LogP contribution in [0.15, 0.2) is 24.3 Å². The van der Waals surface area contributed by atoms with Gasteiger partial charge in [0.1, 0.15) is 0 Å². The smallest absolute Gasteiger partial charge is 0.335 e. The number of ether oxygens (including phenoxy) is 1. The zero-order chi connectivity index (χ0) is 13.0. The number of carbonyl (C=O) groups is 1. The van der Waals surface area contributed by atoms with Crippen LogP contribution in [0.5, 0.6) is 0 Å². The van der Waals surface area contributed by atoms with E-state index >= 15 is 0 Å². The Balaban J connectivity index is 1.91. The number of carboxylic acid groups (broad SMARTS) is 1. The summed E-state index contributed by atoms with van der Waals surface area (Å²) in [5.74, 6) is -0.940. The normalized spacial score (nSPS) is 18.3. The molecule has 1 saturated heterocycles. The van der Waals surface area contributed by atoms with Gasteiger partial charge in [0.2, 0.25) is 0 Å². The lowest BCUT2D eigenvalue weighted by Crippen LogP contribution is -2.42. The maximum absolute atomic E-state index is 10.7. The van der Waals surface area contributed by atoms with Gasteiger partial charge in [0.05, 0.1) is 11.2 Å². The third-order valence-corrected chi connectivity index (χ3v) is 3.18. The first-order valence-corrected chi connectivity index (χ1v) is 5.96. The number of aromatic carboxylic acids is 1. The summed E-state index contributed by atoms with van der Waals surface area (Å²) in [4.78, 5) is 10.7.